The van der Waals surface area contributed by atoms with Crippen molar-refractivity contribution in [2.24, 2.45) is 23.1 Å². The third kappa shape index (κ3) is 20.8. The molecule has 1 aliphatic heterocycles. The van der Waals surface area contributed by atoms with Gasteiger partial charge in [-0.25, -0.2) is 4.79 Å². The first-order valence-electron chi connectivity index (χ1n) is 25.5. The van der Waals surface area contributed by atoms with Crippen LogP contribution in [0.5, 0.6) is 0 Å². The van der Waals surface area contributed by atoms with Gasteiger partial charge in [0.2, 0.25) is 65.0 Å². The van der Waals surface area contributed by atoms with E-state index in [2.05, 4.69) is 42.2 Å². The number of rotatable bonds is 33. The molecule has 1 fully saturated rings. The molecule has 0 aliphatic carbocycles. The maximum Gasteiger partial charge on any atom is 0.328 e. The van der Waals surface area contributed by atoms with E-state index in [9.17, 15) is 92.7 Å². The minimum absolute atomic E-state index is 0.0649. The highest BCUT2D eigenvalue weighted by Gasteiger charge is 2.42. The van der Waals surface area contributed by atoms with Gasteiger partial charge in [-0.1, -0.05) is 32.0 Å². The van der Waals surface area contributed by atoms with Crippen molar-refractivity contribution < 1.29 is 92.7 Å². The van der Waals surface area contributed by atoms with Gasteiger partial charge in [0.15, 0.2) is 6.04 Å². The van der Waals surface area contributed by atoms with Crippen LogP contribution in [-0.2, 0) is 73.5 Å². The maximum atomic E-state index is 14.4. The third-order valence-corrected chi connectivity index (χ3v) is 12.5. The summed E-state index contributed by atoms with van der Waals surface area (Å²) in [6, 6.07) is -10.3. The summed E-state index contributed by atoms with van der Waals surface area (Å²) in [5, 5.41) is 67.0. The molecule has 1 aromatic heterocycles. The van der Waals surface area contributed by atoms with Gasteiger partial charge in [-0.15, -0.1) is 0 Å². The van der Waals surface area contributed by atoms with E-state index in [1.807, 2.05) is 5.32 Å². The van der Waals surface area contributed by atoms with E-state index in [0.717, 1.165) is 11.8 Å². The monoisotopic (exact) mass is 1150 g/mol. The molecule has 11 amide bonds. The van der Waals surface area contributed by atoms with Gasteiger partial charge in [-0.05, 0) is 57.1 Å². The number of hydrogen-bond donors (Lipinski definition) is 17. The summed E-state index contributed by atoms with van der Waals surface area (Å²) in [6.45, 7) is 4.66. The van der Waals surface area contributed by atoms with Gasteiger partial charge in [0.05, 0.1) is 38.0 Å². The number of aromatic amines is 1. The van der Waals surface area contributed by atoms with E-state index in [0.29, 0.717) is 16.5 Å². The van der Waals surface area contributed by atoms with Gasteiger partial charge >= 0.3 is 17.9 Å². The van der Waals surface area contributed by atoms with E-state index in [1.165, 1.54) is 13.1 Å². The average molecular weight is 1150 g/mol. The predicted molar refractivity (Wildman–Crippen MR) is 278 cm³/mol. The van der Waals surface area contributed by atoms with Crippen molar-refractivity contribution in [1.29, 1.82) is 0 Å². The highest BCUT2D eigenvalue weighted by molar-refractivity contribution is 6.01. The quantitative estimate of drug-likeness (QED) is 0.0316. The van der Waals surface area contributed by atoms with E-state index in [-0.39, 0.29) is 31.7 Å². The molecule has 0 saturated carbocycles. The van der Waals surface area contributed by atoms with Crippen LogP contribution in [0.1, 0.15) is 84.6 Å². The van der Waals surface area contributed by atoms with Gasteiger partial charge in [-0.3, -0.25) is 62.3 Å². The van der Waals surface area contributed by atoms with Crippen LogP contribution in [0, 0.1) is 5.92 Å². The number of aromatic nitrogens is 1. The lowest BCUT2D eigenvalue weighted by Gasteiger charge is -2.31. The van der Waals surface area contributed by atoms with Crippen LogP contribution < -0.4 is 59.7 Å². The number of carboxylic acid groups (broad SMARTS) is 3. The lowest BCUT2D eigenvalue weighted by atomic mass is 10.0. The molecule has 3 rings (SSSR count). The fourth-order valence-corrected chi connectivity index (χ4v) is 8.44. The number of amides is 11. The second kappa shape index (κ2) is 31.1. The standard InChI is InChI=1S/C49H71N13O19/c1-21(2)14-28(55-46(77)33(20-63)60-40(71)22(3)50)42(73)59-32(17-36(52)66)48(79)62-13-7-10-34(62)47(78)58-31(18-38(69)70)45(76)56-29(15-24-19-53-26-9-6-5-8-25(24)26)43(74)57-30(16-35(51)65)44(75)54-27(11-12-37(67)68)41(72)61-39(23(4)64)49(80)81/h5-6,8-9,19,21-23,27-34,39,53,63-64H,7,10-18,20,50H2,1-4H3,(H2,51,65)(H2,52,66)(H,54,75)(H,55,77)(H,56,76)(H,57,74)(H,58,78)(H,59,73)(H,60,71)(H,61,72)(H,67,68)(H,69,70)(H,80,81)/t22-,23+,27-,28-,29-,30-,31-,32-,33-,34-,39-/m0/s1. The number of likely N-dealkylation sites (tertiary alicyclic amines) is 1. The Morgan fingerprint density at radius 3 is 1.69 bits per heavy atom. The second-order valence-electron chi connectivity index (χ2n) is 19.7. The number of nitrogens with zero attached hydrogens (tertiary/aromatic N) is 1. The lowest BCUT2D eigenvalue weighted by molar-refractivity contribution is -0.146. The SMILES string of the molecule is CC(C)C[C@H](NC(=O)[C@H](CO)NC(=O)[C@H](C)N)C(=O)N[C@@H](CC(N)=O)C(=O)N1CCC[C@H]1C(=O)N[C@@H](CC(=O)O)C(=O)N[C@@H](Cc1c[nH]c2ccccc12)C(=O)N[C@@H](CC(N)=O)C(=O)N[C@@H](CCC(=O)O)C(=O)N[C@H](C(=O)O)[C@@H](C)O. The zero-order valence-electron chi connectivity index (χ0n) is 44.7. The molecule has 446 valence electrons. The molecule has 2 aromatic rings. The summed E-state index contributed by atoms with van der Waals surface area (Å²) >= 11 is 0. The first kappa shape index (κ1) is 66.5. The molecule has 32 nitrogen and oxygen atoms in total. The van der Waals surface area contributed by atoms with Crippen molar-refractivity contribution in [3.8, 4) is 0 Å². The van der Waals surface area contributed by atoms with Crippen LogP contribution in [0.3, 0.4) is 0 Å². The number of H-pyrrole nitrogens is 1. The number of benzene rings is 1. The summed E-state index contributed by atoms with van der Waals surface area (Å²) in [5.41, 5.74) is 17.4. The Labute approximate surface area is 462 Å². The fourth-order valence-electron chi connectivity index (χ4n) is 8.44. The molecule has 1 saturated heterocycles. The van der Waals surface area contributed by atoms with E-state index < -0.39 is 195 Å². The Kier molecular flexibility index (Phi) is 25.6. The van der Waals surface area contributed by atoms with Crippen LogP contribution in [0.2, 0.25) is 0 Å². The molecule has 81 heavy (non-hydrogen) atoms. The number of fused-ring (bicyclic) bond motifs is 1. The van der Waals surface area contributed by atoms with Crippen molar-refractivity contribution >= 4 is 93.8 Å². The van der Waals surface area contributed by atoms with Crippen molar-refractivity contribution in [3.63, 3.8) is 0 Å². The Balaban J connectivity index is 1.96. The van der Waals surface area contributed by atoms with Crippen LogP contribution in [0.25, 0.3) is 10.9 Å². The molecule has 11 atom stereocenters. The number of carboxylic acids is 3. The minimum Gasteiger partial charge on any atom is -0.481 e. The molecule has 1 aromatic carbocycles. The number of hydrogen-bond acceptors (Lipinski definition) is 17. The average Bonchev–Trinajstić information content (AvgIpc) is 4.04. The topological polar surface area (TPSA) is 533 Å². The van der Waals surface area contributed by atoms with Crippen LogP contribution in [0.4, 0.5) is 0 Å². The largest absolute Gasteiger partial charge is 0.481 e. The smallest absolute Gasteiger partial charge is 0.328 e. The Hall–Kier alpha value is -8.78. The number of para-hydroxylation sites is 1. The fraction of sp³-hybridized carbons (Fsp3) is 0.551. The number of primary amides is 2. The first-order valence-corrected chi connectivity index (χ1v) is 25.5. The summed E-state index contributed by atoms with van der Waals surface area (Å²) < 4.78 is 0. The molecule has 20 N–H and O–H groups in total. The minimum atomic E-state index is -2.03. The number of aliphatic carboxylic acids is 3. The summed E-state index contributed by atoms with van der Waals surface area (Å²) in [6.07, 6.45) is -5.10. The number of carbonyl (C=O) groups excluding carboxylic acids is 11. The molecule has 2 heterocycles. The Morgan fingerprint density at radius 2 is 1.14 bits per heavy atom. The van der Waals surface area contributed by atoms with E-state index in [4.69, 9.17) is 17.2 Å². The Morgan fingerprint density at radius 1 is 0.630 bits per heavy atom. The van der Waals surface area contributed by atoms with Crippen molar-refractivity contribution in [1.82, 2.24) is 52.4 Å². The van der Waals surface area contributed by atoms with E-state index >= 15 is 0 Å². The predicted octanol–water partition coefficient (Wildman–Crippen LogP) is -6.48. The van der Waals surface area contributed by atoms with Crippen molar-refractivity contribution in [2.45, 2.75) is 152 Å². The van der Waals surface area contributed by atoms with Crippen LogP contribution in [-0.4, -0.2) is 198 Å². The highest BCUT2D eigenvalue weighted by atomic mass is 16.4. The van der Waals surface area contributed by atoms with Gasteiger partial charge in [0.25, 0.3) is 0 Å². The highest BCUT2D eigenvalue weighted by Crippen LogP contribution is 2.22. The lowest BCUT2D eigenvalue weighted by Crippen LogP contribution is -2.61. The van der Waals surface area contributed by atoms with Crippen molar-refractivity contribution in [2.75, 3.05) is 13.2 Å². The first-order chi connectivity index (χ1) is 37.9. The summed E-state index contributed by atoms with van der Waals surface area (Å²) in [5.74, 6) is -17.5. The molecule has 0 radical (unpaired) electrons. The molecule has 0 spiro atoms. The molecule has 32 heteroatoms. The maximum absolute atomic E-state index is 14.4. The number of nitrogens with two attached hydrogens (primary N) is 3. The van der Waals surface area contributed by atoms with Gasteiger partial charge in [-0.2, -0.15) is 0 Å². The normalized spacial score (nSPS) is 16.7. The molecule has 1 aliphatic rings. The zero-order valence-corrected chi connectivity index (χ0v) is 44.7. The van der Waals surface area contributed by atoms with E-state index in [1.54, 1.807) is 38.1 Å². The van der Waals surface area contributed by atoms with Crippen LogP contribution in [0.15, 0.2) is 30.5 Å². The number of aliphatic hydroxyl groups excluding tert-OH is 2. The summed E-state index contributed by atoms with van der Waals surface area (Å²) in [4.78, 5) is 187. The van der Waals surface area contributed by atoms with Gasteiger partial charge in [0.1, 0.15) is 48.3 Å². The Bertz CT molecular complexity index is 2680. The zero-order chi connectivity index (χ0) is 61.0. The van der Waals surface area contributed by atoms with Crippen molar-refractivity contribution in [3.05, 3.63) is 36.0 Å². The molecule has 0 unspecified atom stereocenters. The molecular formula is C49H71N13O19. The second-order valence-corrected chi connectivity index (χ2v) is 19.7. The third-order valence-electron chi connectivity index (χ3n) is 12.5. The van der Waals surface area contributed by atoms with Gasteiger partial charge < -0.3 is 95.2 Å². The molecule has 0 bridgehead atoms. The number of nitrogens with one attached hydrogen (secondary N) is 9. The molecular weight excluding hydrogens is 1070 g/mol. The van der Waals surface area contributed by atoms with Gasteiger partial charge in [0, 0.05) is 36.5 Å². The summed E-state index contributed by atoms with van der Waals surface area (Å²) in [7, 11) is 0. The number of carbonyl (C=O) groups is 14. The number of aliphatic hydroxyl groups is 2. The van der Waals surface area contributed by atoms with Crippen LogP contribution >= 0.6 is 0 Å².